The molecule has 4 heteroatoms. The van der Waals surface area contributed by atoms with E-state index < -0.39 is 0 Å². The molecule has 0 saturated carbocycles. The van der Waals surface area contributed by atoms with E-state index in [9.17, 15) is 0 Å². The second-order valence-corrected chi connectivity index (χ2v) is 3.99. The van der Waals surface area contributed by atoms with Crippen molar-refractivity contribution in [2.24, 2.45) is 0 Å². The molecule has 3 nitrogen and oxygen atoms in total. The minimum absolute atomic E-state index is 0.447. The van der Waals surface area contributed by atoms with E-state index in [1.807, 2.05) is 41.8 Å². The van der Waals surface area contributed by atoms with Gasteiger partial charge in [-0.25, -0.2) is 5.48 Å². The number of para-hydroxylation sites is 1. The molecule has 0 aliphatic heterocycles. The van der Waals surface area contributed by atoms with Gasteiger partial charge >= 0.3 is 0 Å². The maximum Gasteiger partial charge on any atom is 0.138 e. The highest BCUT2D eigenvalue weighted by Crippen LogP contribution is 2.26. The van der Waals surface area contributed by atoms with Gasteiger partial charge in [0.05, 0.1) is 6.54 Å². The van der Waals surface area contributed by atoms with Crippen LogP contribution in [0.15, 0.2) is 41.8 Å². The first kappa shape index (κ1) is 10.2. The summed E-state index contributed by atoms with van der Waals surface area (Å²) in [6.07, 6.45) is 0. The summed E-state index contributed by atoms with van der Waals surface area (Å²) in [5, 5.41) is 10.5. The van der Waals surface area contributed by atoms with Gasteiger partial charge in [0, 0.05) is 10.3 Å². The minimum atomic E-state index is 0.447. The van der Waals surface area contributed by atoms with Crippen LogP contribution in [-0.4, -0.2) is 5.21 Å². The molecule has 2 N–H and O–H groups in total. The Hall–Kier alpha value is -1.36. The lowest BCUT2D eigenvalue weighted by molar-refractivity contribution is 0.162. The summed E-state index contributed by atoms with van der Waals surface area (Å²) in [5.41, 5.74) is 2.12. The quantitative estimate of drug-likeness (QED) is 0.780. The number of thiophene rings is 1. The molecule has 0 bridgehead atoms. The van der Waals surface area contributed by atoms with Crippen LogP contribution in [-0.2, 0) is 6.54 Å². The van der Waals surface area contributed by atoms with E-state index in [2.05, 4.69) is 5.48 Å². The van der Waals surface area contributed by atoms with Gasteiger partial charge in [-0.05, 0) is 18.2 Å². The molecule has 0 saturated heterocycles. The average Bonchev–Trinajstić information content (AvgIpc) is 2.68. The van der Waals surface area contributed by atoms with Gasteiger partial charge in [0.2, 0.25) is 0 Å². The van der Waals surface area contributed by atoms with Crippen molar-refractivity contribution in [1.29, 1.82) is 0 Å². The Morgan fingerprint density at radius 2 is 2.00 bits per heavy atom. The third-order valence-electron chi connectivity index (χ3n) is 1.86. The van der Waals surface area contributed by atoms with Gasteiger partial charge in [-0.15, -0.1) is 11.3 Å². The number of rotatable bonds is 4. The summed E-state index contributed by atoms with van der Waals surface area (Å²) in [6, 6.07) is 11.5. The Balaban J connectivity index is 2.05. The maximum absolute atomic E-state index is 8.53. The van der Waals surface area contributed by atoms with Gasteiger partial charge in [0.15, 0.2) is 0 Å². The zero-order valence-corrected chi connectivity index (χ0v) is 8.83. The van der Waals surface area contributed by atoms with E-state index in [1.54, 1.807) is 11.3 Å². The molecule has 2 aromatic rings. The minimum Gasteiger partial charge on any atom is -0.456 e. The molecule has 1 aromatic carbocycles. The van der Waals surface area contributed by atoms with E-state index in [1.165, 1.54) is 0 Å². The molecule has 15 heavy (non-hydrogen) atoms. The molecule has 78 valence electrons. The molecule has 0 fully saturated rings. The fourth-order valence-electron chi connectivity index (χ4n) is 1.21. The zero-order chi connectivity index (χ0) is 10.5. The van der Waals surface area contributed by atoms with Gasteiger partial charge in [0.1, 0.15) is 11.5 Å². The molecule has 1 heterocycles. The number of hydroxylamine groups is 1. The topological polar surface area (TPSA) is 41.5 Å². The lowest BCUT2D eigenvalue weighted by atomic mass is 10.3. The Morgan fingerprint density at radius 3 is 2.73 bits per heavy atom. The molecule has 0 amide bonds. The lowest BCUT2D eigenvalue weighted by Gasteiger charge is -2.01. The fourth-order valence-corrected chi connectivity index (χ4v) is 1.92. The molecule has 0 atom stereocenters. The van der Waals surface area contributed by atoms with Gasteiger partial charge in [-0.3, -0.25) is 0 Å². The summed E-state index contributed by atoms with van der Waals surface area (Å²) in [4.78, 5) is 1.03. The van der Waals surface area contributed by atoms with Crippen molar-refractivity contribution < 1.29 is 9.94 Å². The highest BCUT2D eigenvalue weighted by atomic mass is 32.1. The van der Waals surface area contributed by atoms with Crippen molar-refractivity contribution in [1.82, 2.24) is 5.48 Å². The molecule has 0 radical (unpaired) electrons. The van der Waals surface area contributed by atoms with Gasteiger partial charge in [-0.1, -0.05) is 18.2 Å². The molecule has 0 aliphatic carbocycles. The van der Waals surface area contributed by atoms with E-state index in [0.29, 0.717) is 6.54 Å². The van der Waals surface area contributed by atoms with Crippen LogP contribution in [0.4, 0.5) is 0 Å². The van der Waals surface area contributed by atoms with Crippen molar-refractivity contribution in [3.8, 4) is 11.5 Å². The second-order valence-electron chi connectivity index (χ2n) is 3.00. The standard InChI is InChI=1S/C11H11NO2S/c13-12-7-11-6-10(8-15-11)14-9-4-2-1-3-5-9/h1-6,8,12-13H,7H2. The van der Waals surface area contributed by atoms with E-state index in [-0.39, 0.29) is 0 Å². The smallest absolute Gasteiger partial charge is 0.138 e. The Kier molecular flexibility index (Phi) is 3.34. The monoisotopic (exact) mass is 221 g/mol. The molecule has 2 rings (SSSR count). The largest absolute Gasteiger partial charge is 0.456 e. The van der Waals surface area contributed by atoms with Crippen molar-refractivity contribution in [3.05, 3.63) is 46.7 Å². The Bertz CT molecular complexity index is 414. The van der Waals surface area contributed by atoms with Gasteiger partial charge in [-0.2, -0.15) is 0 Å². The summed E-state index contributed by atoms with van der Waals surface area (Å²) in [5.74, 6) is 1.62. The lowest BCUT2D eigenvalue weighted by Crippen LogP contribution is -2.03. The summed E-state index contributed by atoms with van der Waals surface area (Å²) >= 11 is 1.55. The van der Waals surface area contributed by atoms with Crippen LogP contribution in [0, 0.1) is 0 Å². The summed E-state index contributed by atoms with van der Waals surface area (Å²) in [7, 11) is 0. The van der Waals surface area contributed by atoms with Crippen molar-refractivity contribution in [3.63, 3.8) is 0 Å². The Labute approximate surface area is 91.9 Å². The molecule has 0 aliphatic rings. The Morgan fingerprint density at radius 1 is 1.20 bits per heavy atom. The fraction of sp³-hybridized carbons (Fsp3) is 0.0909. The molecule has 0 spiro atoms. The first-order valence-electron chi connectivity index (χ1n) is 4.56. The molecular weight excluding hydrogens is 210 g/mol. The van der Waals surface area contributed by atoms with E-state index in [0.717, 1.165) is 16.4 Å². The highest BCUT2D eigenvalue weighted by molar-refractivity contribution is 7.10. The predicted octanol–water partition coefficient (Wildman–Crippen LogP) is 3.02. The predicted molar refractivity (Wildman–Crippen MR) is 59.5 cm³/mol. The van der Waals surface area contributed by atoms with E-state index >= 15 is 0 Å². The van der Waals surface area contributed by atoms with Crippen LogP contribution in [0.5, 0.6) is 11.5 Å². The molecule has 1 aromatic heterocycles. The summed E-state index contributed by atoms with van der Waals surface area (Å²) < 4.78 is 5.61. The molecular formula is C11H11NO2S. The second kappa shape index (κ2) is 4.93. The number of ether oxygens (including phenoxy) is 1. The SMILES string of the molecule is ONCc1cc(Oc2ccccc2)cs1. The van der Waals surface area contributed by atoms with Crippen molar-refractivity contribution in [2.45, 2.75) is 6.54 Å². The maximum atomic E-state index is 8.53. The van der Waals surface area contributed by atoms with Crippen LogP contribution >= 0.6 is 11.3 Å². The number of benzene rings is 1. The molecule has 0 unspecified atom stereocenters. The van der Waals surface area contributed by atoms with Gasteiger partial charge in [0.25, 0.3) is 0 Å². The third kappa shape index (κ3) is 2.79. The highest BCUT2D eigenvalue weighted by Gasteiger charge is 2.01. The first-order valence-corrected chi connectivity index (χ1v) is 5.44. The van der Waals surface area contributed by atoms with Crippen molar-refractivity contribution in [2.75, 3.05) is 0 Å². The number of nitrogens with one attached hydrogen (secondary N) is 1. The van der Waals surface area contributed by atoms with Crippen LogP contribution in [0.2, 0.25) is 0 Å². The summed E-state index contributed by atoms with van der Waals surface area (Å²) in [6.45, 7) is 0.447. The third-order valence-corrected chi connectivity index (χ3v) is 2.78. The van der Waals surface area contributed by atoms with E-state index in [4.69, 9.17) is 9.94 Å². The number of hydrogen-bond donors (Lipinski definition) is 2. The zero-order valence-electron chi connectivity index (χ0n) is 8.01. The number of hydrogen-bond acceptors (Lipinski definition) is 4. The van der Waals surface area contributed by atoms with Crippen LogP contribution < -0.4 is 10.2 Å². The van der Waals surface area contributed by atoms with Crippen LogP contribution in [0.25, 0.3) is 0 Å². The van der Waals surface area contributed by atoms with Gasteiger partial charge < -0.3 is 9.94 Å². The van der Waals surface area contributed by atoms with Crippen LogP contribution in [0.1, 0.15) is 4.88 Å². The normalized spacial score (nSPS) is 10.2. The average molecular weight is 221 g/mol. The van der Waals surface area contributed by atoms with Crippen molar-refractivity contribution >= 4 is 11.3 Å². The first-order chi connectivity index (χ1) is 7.38. The van der Waals surface area contributed by atoms with Crippen LogP contribution in [0.3, 0.4) is 0 Å².